The van der Waals surface area contributed by atoms with Crippen molar-refractivity contribution >= 4 is 5.97 Å². The first-order valence-electron chi connectivity index (χ1n) is 12.4. The Morgan fingerprint density at radius 3 is 2.52 bits per heavy atom. The zero-order chi connectivity index (χ0) is 22.2. The lowest BCUT2D eigenvalue weighted by Crippen LogP contribution is -2.65. The topological polar surface area (TPSA) is 39.4 Å². The largest absolute Gasteiger partial charge is 0.472 e. The molecule has 0 saturated heterocycles. The molecule has 3 heteroatoms. The Balaban J connectivity index is 1.61. The van der Waals surface area contributed by atoms with Crippen LogP contribution in [0.3, 0.4) is 0 Å². The van der Waals surface area contributed by atoms with Crippen LogP contribution in [0.4, 0.5) is 0 Å². The van der Waals surface area contributed by atoms with Crippen LogP contribution in [-0.4, -0.2) is 12.1 Å². The first-order valence-corrected chi connectivity index (χ1v) is 12.4. The summed E-state index contributed by atoms with van der Waals surface area (Å²) in [4.78, 5) is 12.3. The molecule has 1 heterocycles. The molecule has 4 aliphatic carbocycles. The van der Waals surface area contributed by atoms with Crippen molar-refractivity contribution in [2.75, 3.05) is 0 Å². The van der Waals surface area contributed by atoms with Crippen LogP contribution in [0.1, 0.15) is 91.5 Å². The highest BCUT2D eigenvalue weighted by atomic mass is 16.5. The Bertz CT molecular complexity index is 882. The van der Waals surface area contributed by atoms with Gasteiger partial charge in [-0.1, -0.05) is 46.8 Å². The molecule has 3 nitrogen and oxygen atoms in total. The Morgan fingerprint density at radius 2 is 1.84 bits per heavy atom. The Hall–Kier alpha value is -1.51. The number of carbonyl (C=O) groups is 1. The van der Waals surface area contributed by atoms with Gasteiger partial charge in [0, 0.05) is 12.3 Å². The first-order chi connectivity index (χ1) is 14.5. The third-order valence-electron chi connectivity index (χ3n) is 10.8. The molecule has 3 fully saturated rings. The van der Waals surface area contributed by atoms with E-state index in [1.807, 2.05) is 12.5 Å². The molecule has 0 unspecified atom stereocenters. The zero-order valence-electron chi connectivity index (χ0n) is 20.2. The van der Waals surface area contributed by atoms with Gasteiger partial charge in [0.05, 0.1) is 12.5 Å². The predicted molar refractivity (Wildman–Crippen MR) is 122 cm³/mol. The number of esters is 1. The maximum absolute atomic E-state index is 12.3. The normalized spacial score (nSPS) is 47.9. The fraction of sp³-hybridized carbons (Fsp3) is 0.750. The third kappa shape index (κ3) is 2.80. The smallest absolute Gasteiger partial charge is 0.302 e. The summed E-state index contributed by atoms with van der Waals surface area (Å²) < 4.78 is 11.7. The van der Waals surface area contributed by atoms with Crippen molar-refractivity contribution < 1.29 is 13.9 Å². The molecule has 0 amide bonds. The van der Waals surface area contributed by atoms with Crippen molar-refractivity contribution in [3.63, 3.8) is 0 Å². The van der Waals surface area contributed by atoms with Gasteiger partial charge in [-0.05, 0) is 90.1 Å². The number of fused-ring (bicyclic) bond motifs is 5. The molecule has 0 aliphatic heterocycles. The van der Waals surface area contributed by atoms with Gasteiger partial charge in [0.15, 0.2) is 0 Å². The van der Waals surface area contributed by atoms with E-state index >= 15 is 0 Å². The van der Waals surface area contributed by atoms with Gasteiger partial charge in [-0.15, -0.1) is 0 Å². The van der Waals surface area contributed by atoms with Crippen molar-refractivity contribution in [2.24, 2.45) is 39.4 Å². The molecule has 0 spiro atoms. The van der Waals surface area contributed by atoms with Gasteiger partial charge in [0.1, 0.15) is 6.10 Å². The van der Waals surface area contributed by atoms with Gasteiger partial charge in [-0.25, -0.2) is 0 Å². The Morgan fingerprint density at radius 1 is 1.06 bits per heavy atom. The molecule has 0 bridgehead atoms. The van der Waals surface area contributed by atoms with Gasteiger partial charge in [-0.2, -0.15) is 0 Å². The van der Waals surface area contributed by atoms with E-state index in [9.17, 15) is 4.79 Å². The molecule has 5 rings (SSSR count). The van der Waals surface area contributed by atoms with Gasteiger partial charge < -0.3 is 9.15 Å². The van der Waals surface area contributed by atoms with E-state index < -0.39 is 0 Å². The average molecular weight is 425 g/mol. The number of hydrogen-bond donors (Lipinski definition) is 0. The number of rotatable bonds is 2. The fourth-order valence-corrected chi connectivity index (χ4v) is 9.56. The highest BCUT2D eigenvalue weighted by Crippen LogP contribution is 2.74. The van der Waals surface area contributed by atoms with Crippen molar-refractivity contribution in [3.05, 3.63) is 36.3 Å². The number of ether oxygens (including phenoxy) is 1. The van der Waals surface area contributed by atoms with E-state index in [1.165, 1.54) is 31.2 Å². The van der Waals surface area contributed by atoms with E-state index in [0.717, 1.165) is 12.8 Å². The van der Waals surface area contributed by atoms with Gasteiger partial charge in [0.25, 0.3) is 0 Å². The van der Waals surface area contributed by atoms with Crippen LogP contribution in [0.15, 0.2) is 35.2 Å². The summed E-state index contributed by atoms with van der Waals surface area (Å²) >= 11 is 0. The molecule has 0 radical (unpaired) electrons. The number of allylic oxidation sites excluding steroid dienone is 2. The molecule has 1 aromatic rings. The quantitative estimate of drug-likeness (QED) is 0.374. The lowest BCUT2D eigenvalue weighted by Gasteiger charge is -2.68. The Labute approximate surface area is 188 Å². The lowest BCUT2D eigenvalue weighted by atomic mass is 9.37. The van der Waals surface area contributed by atoms with Crippen LogP contribution in [0.5, 0.6) is 0 Å². The predicted octanol–water partition coefficient (Wildman–Crippen LogP) is 7.14. The van der Waals surface area contributed by atoms with Crippen LogP contribution < -0.4 is 0 Å². The van der Waals surface area contributed by atoms with E-state index in [4.69, 9.17) is 9.15 Å². The van der Waals surface area contributed by atoms with E-state index in [1.54, 1.807) is 6.92 Å². The Kier molecular flexibility index (Phi) is 4.64. The second-order valence-corrected chi connectivity index (χ2v) is 12.5. The fourth-order valence-electron chi connectivity index (χ4n) is 9.56. The van der Waals surface area contributed by atoms with Gasteiger partial charge in [0.2, 0.25) is 0 Å². The molecule has 8 atom stereocenters. The zero-order valence-corrected chi connectivity index (χ0v) is 20.2. The molecule has 0 aromatic carbocycles. The number of carbonyl (C=O) groups excluding carboxylic acids is 1. The van der Waals surface area contributed by atoms with Crippen LogP contribution >= 0.6 is 0 Å². The summed E-state index contributed by atoms with van der Waals surface area (Å²) in [5.41, 5.74) is 1.99. The third-order valence-corrected chi connectivity index (χ3v) is 10.8. The standard InChI is InChI=1S/C28H40O3/c1-18(29)31-24-16-23-25(2,3)12-7-13-27(23,5)22-10-14-26(4)20(19-11-15-30-17-19)8-9-21(26)28(22,24)6/h7,11,13,15,17,20-24H,8-10,12,14,16H2,1-6H3/t20-,21-,22-,23+,24-,26-,27-,28+/m1/s1. The molecule has 31 heavy (non-hydrogen) atoms. The van der Waals surface area contributed by atoms with Crippen molar-refractivity contribution in [3.8, 4) is 0 Å². The summed E-state index contributed by atoms with van der Waals surface area (Å²) in [6.45, 7) is 14.0. The molecule has 0 N–H and O–H groups in total. The van der Waals surface area contributed by atoms with Crippen LogP contribution in [-0.2, 0) is 9.53 Å². The molecule has 170 valence electrons. The van der Waals surface area contributed by atoms with E-state index in [-0.39, 0.29) is 33.7 Å². The second kappa shape index (κ2) is 6.75. The SMILES string of the molecule is CC(=O)O[C@@H]1C[C@H]2C(C)(C)CC=C[C@]2(C)[C@H]2CC[C@]3(C)[C@@H](c4ccoc4)CC[C@H]3[C@@]21C. The average Bonchev–Trinajstić information content (AvgIpc) is 3.30. The van der Waals surface area contributed by atoms with Gasteiger partial charge >= 0.3 is 5.97 Å². The molecular weight excluding hydrogens is 384 g/mol. The molecule has 1 aromatic heterocycles. The first kappa shape index (κ1) is 21.3. The van der Waals surface area contributed by atoms with Gasteiger partial charge in [-0.3, -0.25) is 4.79 Å². The number of furan rings is 1. The summed E-state index contributed by atoms with van der Waals surface area (Å²) in [6.07, 6.45) is 15.8. The molecule has 3 saturated carbocycles. The minimum atomic E-state index is -0.116. The summed E-state index contributed by atoms with van der Waals surface area (Å²) in [6, 6.07) is 2.17. The molecule has 4 aliphatic rings. The van der Waals surface area contributed by atoms with Crippen LogP contribution in [0, 0.1) is 39.4 Å². The van der Waals surface area contributed by atoms with Crippen molar-refractivity contribution in [1.82, 2.24) is 0 Å². The van der Waals surface area contributed by atoms with Crippen LogP contribution in [0.25, 0.3) is 0 Å². The maximum atomic E-state index is 12.3. The van der Waals surface area contributed by atoms with Crippen LogP contribution in [0.2, 0.25) is 0 Å². The van der Waals surface area contributed by atoms with E-state index in [0.29, 0.717) is 23.7 Å². The highest BCUT2D eigenvalue weighted by molar-refractivity contribution is 5.66. The number of hydrogen-bond acceptors (Lipinski definition) is 3. The summed E-state index contributed by atoms with van der Waals surface area (Å²) in [7, 11) is 0. The minimum absolute atomic E-state index is 0.000164. The minimum Gasteiger partial charge on any atom is -0.472 e. The second-order valence-electron chi connectivity index (χ2n) is 12.5. The van der Waals surface area contributed by atoms with E-state index in [2.05, 4.69) is 52.8 Å². The maximum Gasteiger partial charge on any atom is 0.302 e. The monoisotopic (exact) mass is 424 g/mol. The summed E-state index contributed by atoms with van der Waals surface area (Å²) in [5.74, 6) is 2.06. The molecular formula is C28H40O3. The summed E-state index contributed by atoms with van der Waals surface area (Å²) in [5, 5.41) is 0. The highest BCUT2D eigenvalue weighted by Gasteiger charge is 2.69. The van der Waals surface area contributed by atoms with Crippen molar-refractivity contribution in [2.45, 2.75) is 92.1 Å². The lowest BCUT2D eigenvalue weighted by molar-refractivity contribution is -0.224. The van der Waals surface area contributed by atoms with Crippen molar-refractivity contribution in [1.29, 1.82) is 0 Å².